The van der Waals surface area contributed by atoms with E-state index in [1.807, 2.05) is 0 Å². The second-order valence-corrected chi connectivity index (χ2v) is 9.24. The zero-order valence-corrected chi connectivity index (χ0v) is 23.2. The summed E-state index contributed by atoms with van der Waals surface area (Å²) in [5.74, 6) is -13.1. The van der Waals surface area contributed by atoms with Crippen LogP contribution in [0.4, 0.5) is 13.2 Å². The SMILES string of the molecule is O=C(NC1=C(OC(=O)C(F)(F)F)NC=CC=C1OC(=O)c1cc(O)c(C(=O)c2c(O)cccc2C(=O)O)c(O)c1)c1ccc(O)cc1. The number of carbonyl (C=O) groups excluding carboxylic acids is 4. The monoisotopic (exact) mass is 656 g/mol. The number of rotatable bonds is 8. The van der Waals surface area contributed by atoms with E-state index in [9.17, 15) is 62.7 Å². The number of phenols is 4. The minimum atomic E-state index is -5.49. The Balaban J connectivity index is 1.70. The number of amides is 1. The molecule has 17 heteroatoms. The number of hydrogen-bond donors (Lipinski definition) is 7. The van der Waals surface area contributed by atoms with E-state index in [2.05, 4.69) is 15.4 Å². The first-order valence-corrected chi connectivity index (χ1v) is 12.7. The lowest BCUT2D eigenvalue weighted by molar-refractivity contribution is -0.195. The summed E-state index contributed by atoms with van der Waals surface area (Å²) >= 11 is 0. The van der Waals surface area contributed by atoms with E-state index >= 15 is 0 Å². The van der Waals surface area contributed by atoms with Crippen LogP contribution in [0.25, 0.3) is 0 Å². The highest BCUT2D eigenvalue weighted by Crippen LogP contribution is 2.35. The van der Waals surface area contributed by atoms with Crippen LogP contribution in [-0.2, 0) is 14.3 Å². The first kappa shape index (κ1) is 33.1. The predicted octanol–water partition coefficient (Wildman–Crippen LogP) is 3.30. The molecule has 3 aromatic carbocycles. The largest absolute Gasteiger partial charge is 0.508 e. The highest BCUT2D eigenvalue weighted by Gasteiger charge is 2.42. The first-order chi connectivity index (χ1) is 22.1. The number of halogens is 3. The molecule has 0 aliphatic carbocycles. The molecule has 14 nitrogen and oxygen atoms in total. The number of esters is 2. The molecule has 0 radical (unpaired) electrons. The van der Waals surface area contributed by atoms with E-state index in [0.717, 1.165) is 60.8 Å². The van der Waals surface area contributed by atoms with Gasteiger partial charge in [-0.25, -0.2) is 14.4 Å². The van der Waals surface area contributed by atoms with Crippen molar-refractivity contribution in [3.05, 3.63) is 118 Å². The number of alkyl halides is 3. The van der Waals surface area contributed by atoms with Crippen molar-refractivity contribution in [2.75, 3.05) is 0 Å². The van der Waals surface area contributed by atoms with Crippen molar-refractivity contribution in [2.24, 2.45) is 0 Å². The molecule has 0 unspecified atom stereocenters. The molecule has 0 saturated heterocycles. The van der Waals surface area contributed by atoms with E-state index in [1.165, 1.54) is 0 Å². The Kier molecular flexibility index (Phi) is 9.21. The molecule has 0 aromatic heterocycles. The number of benzene rings is 3. The van der Waals surface area contributed by atoms with Crippen LogP contribution in [0.1, 0.15) is 47.0 Å². The minimum absolute atomic E-state index is 0.148. The Morgan fingerprint density at radius 3 is 2.02 bits per heavy atom. The topological polar surface area (TPSA) is 229 Å². The Bertz CT molecular complexity index is 1890. The van der Waals surface area contributed by atoms with E-state index in [1.54, 1.807) is 0 Å². The predicted molar refractivity (Wildman–Crippen MR) is 149 cm³/mol. The first-order valence-electron chi connectivity index (χ1n) is 12.7. The lowest BCUT2D eigenvalue weighted by Gasteiger charge is -2.18. The Labute approximate surface area is 259 Å². The van der Waals surface area contributed by atoms with Crippen LogP contribution in [0.2, 0.25) is 0 Å². The van der Waals surface area contributed by atoms with Gasteiger partial charge >= 0.3 is 24.1 Å². The van der Waals surface area contributed by atoms with Gasteiger partial charge < -0.3 is 45.6 Å². The Morgan fingerprint density at radius 2 is 1.43 bits per heavy atom. The average Bonchev–Trinajstić information content (AvgIpc) is 3.17. The van der Waals surface area contributed by atoms with E-state index in [0.29, 0.717) is 12.1 Å². The van der Waals surface area contributed by atoms with Crippen molar-refractivity contribution in [1.82, 2.24) is 10.6 Å². The molecule has 3 aromatic rings. The fourth-order valence-electron chi connectivity index (χ4n) is 3.96. The lowest BCUT2D eigenvalue weighted by atomic mass is 9.95. The average molecular weight is 656 g/mol. The number of allylic oxidation sites excluding steroid dienone is 2. The van der Waals surface area contributed by atoms with Gasteiger partial charge in [-0.1, -0.05) is 6.07 Å². The van der Waals surface area contributed by atoms with Crippen molar-refractivity contribution < 1.29 is 72.2 Å². The lowest BCUT2D eigenvalue weighted by Crippen LogP contribution is -2.33. The van der Waals surface area contributed by atoms with E-state index in [-0.39, 0.29) is 11.3 Å². The summed E-state index contributed by atoms with van der Waals surface area (Å²) in [5.41, 5.74) is -3.99. The fourth-order valence-corrected chi connectivity index (χ4v) is 3.96. The molecule has 47 heavy (non-hydrogen) atoms. The maximum absolute atomic E-state index is 13.1. The van der Waals surface area contributed by atoms with Crippen molar-refractivity contribution in [2.45, 2.75) is 6.18 Å². The van der Waals surface area contributed by atoms with Crippen molar-refractivity contribution in [3.63, 3.8) is 0 Å². The number of ether oxygens (including phenoxy) is 2. The van der Waals surface area contributed by atoms with Crippen LogP contribution >= 0.6 is 0 Å². The Morgan fingerprint density at radius 1 is 0.787 bits per heavy atom. The molecule has 4 rings (SSSR count). The van der Waals surface area contributed by atoms with Gasteiger partial charge in [0.05, 0.1) is 16.7 Å². The minimum Gasteiger partial charge on any atom is -0.508 e. The van der Waals surface area contributed by atoms with Crippen LogP contribution < -0.4 is 10.6 Å². The van der Waals surface area contributed by atoms with Gasteiger partial charge in [-0.15, -0.1) is 0 Å². The number of nitrogens with one attached hydrogen (secondary N) is 2. The molecule has 1 aliphatic rings. The molecule has 0 saturated carbocycles. The third kappa shape index (κ3) is 7.31. The summed E-state index contributed by atoms with van der Waals surface area (Å²) < 4.78 is 48.6. The van der Waals surface area contributed by atoms with Crippen molar-refractivity contribution in [3.8, 4) is 23.0 Å². The number of aromatic hydroxyl groups is 4. The smallest absolute Gasteiger partial charge is 0.491 e. The van der Waals surface area contributed by atoms with Crippen LogP contribution in [-0.4, -0.2) is 61.3 Å². The fraction of sp³-hybridized carbons (Fsp3) is 0.0333. The summed E-state index contributed by atoms with van der Waals surface area (Å²) in [6.45, 7) is 0. The summed E-state index contributed by atoms with van der Waals surface area (Å²) in [6.07, 6.45) is -2.51. The third-order valence-electron chi connectivity index (χ3n) is 6.09. The highest BCUT2D eigenvalue weighted by atomic mass is 19.4. The van der Waals surface area contributed by atoms with Gasteiger partial charge in [0.2, 0.25) is 11.7 Å². The zero-order chi connectivity index (χ0) is 34.6. The van der Waals surface area contributed by atoms with E-state index < -0.39 is 92.6 Å². The number of ketones is 1. The van der Waals surface area contributed by atoms with Crippen LogP contribution in [0.5, 0.6) is 23.0 Å². The number of carboxylic acids is 1. The second-order valence-electron chi connectivity index (χ2n) is 9.24. The molecule has 0 atom stereocenters. The number of hydrogen-bond acceptors (Lipinski definition) is 12. The number of carboxylic acid groups (broad SMARTS) is 1. The number of aromatic carboxylic acids is 1. The highest BCUT2D eigenvalue weighted by molar-refractivity contribution is 6.18. The second kappa shape index (κ2) is 13.1. The molecule has 0 spiro atoms. The molecule has 1 amide bonds. The van der Waals surface area contributed by atoms with Gasteiger partial charge in [0, 0.05) is 11.8 Å². The maximum atomic E-state index is 13.1. The number of phenolic OH excluding ortho intramolecular Hbond substituents is 4. The van der Waals surface area contributed by atoms with E-state index in [4.69, 9.17) is 4.74 Å². The zero-order valence-electron chi connectivity index (χ0n) is 23.2. The summed E-state index contributed by atoms with van der Waals surface area (Å²) in [5, 5.41) is 54.4. The standard InChI is InChI=1S/C30H19F3N2O12/c31-30(32,33)29(45)47-26-23(35-25(41)13-6-8-15(36)9-7-13)20(5-2-10-34-26)46-28(44)14-11-18(38)22(19(39)12-14)24(40)21-16(27(42)43)3-1-4-17(21)37/h1-12,34,36-39H,(H,35,41)(H,42,43). The Hall–Kier alpha value is -6.78. The van der Waals surface area contributed by atoms with Crippen LogP contribution in [0.15, 0.2) is 90.3 Å². The van der Waals surface area contributed by atoms with Crippen molar-refractivity contribution in [1.29, 1.82) is 0 Å². The van der Waals surface area contributed by atoms with Gasteiger partial charge in [0.15, 0.2) is 5.76 Å². The molecule has 242 valence electrons. The third-order valence-corrected chi connectivity index (χ3v) is 6.09. The number of carbonyl (C=O) groups is 5. The summed E-state index contributed by atoms with van der Waals surface area (Å²) in [7, 11) is 0. The molecule has 1 aliphatic heterocycles. The maximum Gasteiger partial charge on any atom is 0.491 e. The molecule has 0 bridgehead atoms. The molecule has 1 heterocycles. The summed E-state index contributed by atoms with van der Waals surface area (Å²) in [6, 6.07) is 8.82. The van der Waals surface area contributed by atoms with Gasteiger partial charge in [0.25, 0.3) is 5.91 Å². The van der Waals surface area contributed by atoms with Gasteiger partial charge in [-0.05, 0) is 60.7 Å². The normalized spacial score (nSPS) is 12.7. The molecule has 7 N–H and O–H groups in total. The quantitative estimate of drug-likeness (QED) is 0.137. The van der Waals surface area contributed by atoms with Crippen molar-refractivity contribution >= 4 is 29.6 Å². The summed E-state index contributed by atoms with van der Waals surface area (Å²) in [4.78, 5) is 62.3. The van der Waals surface area contributed by atoms with Gasteiger partial charge in [0.1, 0.15) is 34.3 Å². The van der Waals surface area contributed by atoms with Crippen LogP contribution in [0.3, 0.4) is 0 Å². The van der Waals surface area contributed by atoms with Crippen LogP contribution in [0, 0.1) is 0 Å². The van der Waals surface area contributed by atoms with Gasteiger partial charge in [-0.2, -0.15) is 13.2 Å². The molecular formula is C30H19F3N2O12. The molecule has 0 fully saturated rings. The van der Waals surface area contributed by atoms with Gasteiger partial charge in [-0.3, -0.25) is 9.59 Å². The molecular weight excluding hydrogens is 637 g/mol.